The molecule has 0 aromatic heterocycles. The molecular formula is C12H11F4NO3. The molecule has 0 saturated carbocycles. The van der Waals surface area contributed by atoms with Crippen LogP contribution in [0.1, 0.15) is 22.8 Å². The molecule has 0 aliphatic rings. The number of hydrogen-bond acceptors (Lipinski definition) is 2. The van der Waals surface area contributed by atoms with E-state index >= 15 is 0 Å². The van der Waals surface area contributed by atoms with Crippen molar-refractivity contribution in [1.29, 1.82) is 0 Å². The Kier molecular flexibility index (Phi) is 4.07. The lowest BCUT2D eigenvalue weighted by atomic mass is 10.00. The average Bonchev–Trinajstić information content (AvgIpc) is 2.26. The Morgan fingerprint density at radius 2 is 1.80 bits per heavy atom. The predicted octanol–water partition coefficient (Wildman–Crippen LogP) is 2.27. The Morgan fingerprint density at radius 1 is 1.25 bits per heavy atom. The molecule has 0 aliphatic heterocycles. The summed E-state index contributed by atoms with van der Waals surface area (Å²) in [5.41, 5.74) is -3.56. The summed E-state index contributed by atoms with van der Waals surface area (Å²) in [5, 5.41) is 10.1. The van der Waals surface area contributed by atoms with Crippen molar-refractivity contribution in [2.45, 2.75) is 25.6 Å². The molecule has 8 heteroatoms. The van der Waals surface area contributed by atoms with E-state index in [9.17, 15) is 27.2 Å². The van der Waals surface area contributed by atoms with Crippen LogP contribution in [-0.4, -0.2) is 28.7 Å². The molecule has 20 heavy (non-hydrogen) atoms. The van der Waals surface area contributed by atoms with Crippen LogP contribution in [-0.2, 0) is 4.79 Å². The van der Waals surface area contributed by atoms with Crippen LogP contribution in [0.3, 0.4) is 0 Å². The number of carboxylic acids is 1. The number of halogens is 4. The molecule has 1 aromatic rings. The van der Waals surface area contributed by atoms with E-state index in [2.05, 4.69) is 0 Å². The molecule has 0 radical (unpaired) electrons. The van der Waals surface area contributed by atoms with Crippen molar-refractivity contribution in [3.8, 4) is 0 Å². The zero-order chi connectivity index (χ0) is 15.7. The van der Waals surface area contributed by atoms with Gasteiger partial charge in [0.2, 0.25) is 5.54 Å². The topological polar surface area (TPSA) is 66.4 Å². The number of carbonyl (C=O) groups excluding carboxylic acids is 1. The van der Waals surface area contributed by atoms with E-state index in [0.717, 1.165) is 18.2 Å². The van der Waals surface area contributed by atoms with Crippen LogP contribution in [0.2, 0.25) is 0 Å². The molecule has 0 saturated heterocycles. The third kappa shape index (κ3) is 2.89. The first-order valence-corrected chi connectivity index (χ1v) is 5.38. The van der Waals surface area contributed by atoms with Gasteiger partial charge >= 0.3 is 12.1 Å². The largest absolute Gasteiger partial charge is 0.479 e. The molecular weight excluding hydrogens is 282 g/mol. The maximum absolute atomic E-state index is 12.9. The van der Waals surface area contributed by atoms with Gasteiger partial charge in [-0.15, -0.1) is 0 Å². The summed E-state index contributed by atoms with van der Waals surface area (Å²) >= 11 is 0. The third-order valence-corrected chi connectivity index (χ3v) is 2.79. The summed E-state index contributed by atoms with van der Waals surface area (Å²) in [5.74, 6) is -4.14. The predicted molar refractivity (Wildman–Crippen MR) is 60.7 cm³/mol. The van der Waals surface area contributed by atoms with Gasteiger partial charge in [-0.2, -0.15) is 13.2 Å². The monoisotopic (exact) mass is 293 g/mol. The van der Waals surface area contributed by atoms with Crippen LogP contribution in [0, 0.1) is 12.7 Å². The molecule has 1 unspecified atom stereocenters. The maximum atomic E-state index is 12.9. The molecule has 2 N–H and O–H groups in total. The number of carboxylic acid groups (broad SMARTS) is 1. The van der Waals surface area contributed by atoms with E-state index < -0.39 is 29.4 Å². The van der Waals surface area contributed by atoms with Crippen LogP contribution < -0.4 is 5.32 Å². The number of hydrogen-bond donors (Lipinski definition) is 2. The van der Waals surface area contributed by atoms with Crippen molar-refractivity contribution in [3.05, 3.63) is 35.1 Å². The lowest BCUT2D eigenvalue weighted by Crippen LogP contribution is -2.61. The summed E-state index contributed by atoms with van der Waals surface area (Å²) in [6, 6.07) is 2.84. The van der Waals surface area contributed by atoms with Gasteiger partial charge in [0.1, 0.15) is 5.82 Å². The second-order valence-corrected chi connectivity index (χ2v) is 4.34. The highest BCUT2D eigenvalue weighted by Crippen LogP contribution is 2.30. The highest BCUT2D eigenvalue weighted by atomic mass is 19.4. The van der Waals surface area contributed by atoms with Crippen molar-refractivity contribution in [2.24, 2.45) is 0 Å². The van der Waals surface area contributed by atoms with E-state index in [1.807, 2.05) is 0 Å². The van der Waals surface area contributed by atoms with Crippen molar-refractivity contribution in [3.63, 3.8) is 0 Å². The third-order valence-electron chi connectivity index (χ3n) is 2.79. The van der Waals surface area contributed by atoms with E-state index in [4.69, 9.17) is 5.11 Å². The first kappa shape index (κ1) is 15.9. The minimum Gasteiger partial charge on any atom is -0.479 e. The quantitative estimate of drug-likeness (QED) is 0.840. The molecule has 1 atom stereocenters. The van der Waals surface area contributed by atoms with Gasteiger partial charge in [0.25, 0.3) is 5.91 Å². The van der Waals surface area contributed by atoms with Crippen LogP contribution in [0.4, 0.5) is 17.6 Å². The summed E-state index contributed by atoms with van der Waals surface area (Å²) < 4.78 is 51.1. The number of benzene rings is 1. The van der Waals surface area contributed by atoms with Gasteiger partial charge in [0, 0.05) is 5.56 Å². The molecule has 0 spiro atoms. The van der Waals surface area contributed by atoms with Gasteiger partial charge < -0.3 is 10.4 Å². The van der Waals surface area contributed by atoms with E-state index in [1.54, 1.807) is 0 Å². The number of alkyl halides is 3. The number of carbonyl (C=O) groups is 2. The fourth-order valence-electron chi connectivity index (χ4n) is 1.42. The lowest BCUT2D eigenvalue weighted by molar-refractivity contribution is -0.203. The number of aliphatic carboxylic acids is 1. The van der Waals surface area contributed by atoms with Crippen molar-refractivity contribution >= 4 is 11.9 Å². The van der Waals surface area contributed by atoms with Gasteiger partial charge in [0.15, 0.2) is 0 Å². The van der Waals surface area contributed by atoms with Crippen LogP contribution in [0.25, 0.3) is 0 Å². The highest BCUT2D eigenvalue weighted by Gasteiger charge is 2.58. The van der Waals surface area contributed by atoms with Gasteiger partial charge in [-0.25, -0.2) is 9.18 Å². The van der Waals surface area contributed by atoms with Gasteiger partial charge in [-0.1, -0.05) is 0 Å². The van der Waals surface area contributed by atoms with Crippen LogP contribution in [0.15, 0.2) is 18.2 Å². The minimum atomic E-state index is -5.18. The van der Waals surface area contributed by atoms with E-state index in [0.29, 0.717) is 6.92 Å². The second kappa shape index (κ2) is 5.10. The van der Waals surface area contributed by atoms with Gasteiger partial charge in [0.05, 0.1) is 0 Å². The van der Waals surface area contributed by atoms with Crippen LogP contribution in [0.5, 0.6) is 0 Å². The minimum absolute atomic E-state index is 0.0948. The Hall–Kier alpha value is -2.12. The highest BCUT2D eigenvalue weighted by molar-refractivity contribution is 5.99. The molecule has 1 rings (SSSR count). The zero-order valence-electron chi connectivity index (χ0n) is 10.5. The van der Waals surface area contributed by atoms with Crippen LogP contribution >= 0.6 is 0 Å². The van der Waals surface area contributed by atoms with Crippen molar-refractivity contribution < 1.29 is 32.3 Å². The number of amides is 1. The Bertz CT molecular complexity index is 556. The van der Waals surface area contributed by atoms with E-state index in [1.165, 1.54) is 12.2 Å². The standard InChI is InChI=1S/C12H11F4NO3/c1-6-5-7(13)3-4-8(6)9(18)17-11(2,10(19)20)12(14,15)16/h3-5H,1-2H3,(H,17,18)(H,19,20). The summed E-state index contributed by atoms with van der Waals surface area (Å²) in [6.07, 6.45) is -5.18. The van der Waals surface area contributed by atoms with Crippen molar-refractivity contribution in [2.75, 3.05) is 0 Å². The van der Waals surface area contributed by atoms with E-state index in [-0.39, 0.29) is 11.1 Å². The fraction of sp³-hybridized carbons (Fsp3) is 0.333. The summed E-state index contributed by atoms with van der Waals surface area (Å²) in [4.78, 5) is 22.5. The molecule has 4 nitrogen and oxygen atoms in total. The van der Waals surface area contributed by atoms with Gasteiger partial charge in [-0.3, -0.25) is 4.79 Å². The average molecular weight is 293 g/mol. The van der Waals surface area contributed by atoms with Gasteiger partial charge in [-0.05, 0) is 37.6 Å². The lowest BCUT2D eigenvalue weighted by Gasteiger charge is -2.28. The molecule has 0 heterocycles. The molecule has 0 fully saturated rings. The normalized spacial score (nSPS) is 14.5. The SMILES string of the molecule is Cc1cc(F)ccc1C(=O)NC(C)(C(=O)O)C(F)(F)F. The number of nitrogens with one attached hydrogen (secondary N) is 1. The Balaban J connectivity index is 3.13. The zero-order valence-corrected chi connectivity index (χ0v) is 10.5. The fourth-order valence-corrected chi connectivity index (χ4v) is 1.42. The molecule has 110 valence electrons. The smallest absolute Gasteiger partial charge is 0.422 e. The second-order valence-electron chi connectivity index (χ2n) is 4.34. The maximum Gasteiger partial charge on any atom is 0.422 e. The molecule has 0 bridgehead atoms. The first-order valence-electron chi connectivity index (χ1n) is 5.38. The Labute approximate surface area is 111 Å². The summed E-state index contributed by atoms with van der Waals surface area (Å²) in [7, 11) is 0. The first-order chi connectivity index (χ1) is 8.99. The summed E-state index contributed by atoms with van der Waals surface area (Å²) in [6.45, 7) is 1.66. The van der Waals surface area contributed by atoms with Crippen molar-refractivity contribution in [1.82, 2.24) is 5.32 Å². The Morgan fingerprint density at radius 3 is 2.20 bits per heavy atom. The molecule has 1 amide bonds. The molecule has 1 aromatic carbocycles. The number of aryl methyl sites for hydroxylation is 1. The molecule has 0 aliphatic carbocycles. The number of rotatable bonds is 3.